The maximum Gasteiger partial charge on any atom is 0.341 e. The van der Waals surface area contributed by atoms with Gasteiger partial charge in [0.2, 0.25) is 0 Å². The second kappa shape index (κ2) is 8.33. The van der Waals surface area contributed by atoms with E-state index < -0.39 is 12.6 Å². The van der Waals surface area contributed by atoms with Gasteiger partial charge in [-0.25, -0.2) is 4.79 Å². The van der Waals surface area contributed by atoms with Crippen LogP contribution in [0.25, 0.3) is 10.8 Å². The maximum atomic E-state index is 12.8. The molecule has 6 heteroatoms. The molecule has 3 rings (SSSR count). The molecular weight excluding hydrogens is 346 g/mol. The number of aliphatic carboxylic acids is 1. The van der Waals surface area contributed by atoms with E-state index in [2.05, 4.69) is 0 Å². The molecule has 0 aliphatic carbocycles. The number of carboxylic acids is 1. The minimum atomic E-state index is -1.03. The van der Waals surface area contributed by atoms with Crippen LogP contribution in [0.15, 0.2) is 60.7 Å². The number of rotatable bonds is 8. The van der Waals surface area contributed by atoms with E-state index in [1.54, 1.807) is 54.6 Å². The molecule has 0 atom stereocenters. The fraction of sp³-hybridized carbons (Fsp3) is 0.143. The molecular formula is C21H19NO5. The molecule has 0 saturated heterocycles. The predicted molar refractivity (Wildman–Crippen MR) is 102 cm³/mol. The topological polar surface area (TPSA) is 98.9 Å². The molecule has 0 bridgehead atoms. The number of hydrogen-bond donors (Lipinski definition) is 2. The second-order valence-electron chi connectivity index (χ2n) is 5.90. The lowest BCUT2D eigenvalue weighted by Gasteiger charge is -2.08. The van der Waals surface area contributed by atoms with Gasteiger partial charge in [-0.1, -0.05) is 30.3 Å². The van der Waals surface area contributed by atoms with Crippen molar-refractivity contribution in [3.63, 3.8) is 0 Å². The number of ketones is 1. The Balaban J connectivity index is 1.83. The van der Waals surface area contributed by atoms with Crippen LogP contribution in [0.4, 0.5) is 0 Å². The van der Waals surface area contributed by atoms with Gasteiger partial charge in [-0.3, -0.25) is 4.79 Å². The Bertz CT molecular complexity index is 983. The molecule has 3 N–H and O–H groups in total. The Kier molecular flexibility index (Phi) is 5.68. The zero-order valence-electron chi connectivity index (χ0n) is 14.6. The minimum Gasteiger partial charge on any atom is -0.492 e. The fourth-order valence-electron chi connectivity index (χ4n) is 2.67. The first-order valence-corrected chi connectivity index (χ1v) is 8.43. The van der Waals surface area contributed by atoms with E-state index in [1.165, 1.54) is 0 Å². The van der Waals surface area contributed by atoms with Crippen molar-refractivity contribution in [1.82, 2.24) is 0 Å². The molecule has 138 valence electrons. The van der Waals surface area contributed by atoms with Gasteiger partial charge in [0.15, 0.2) is 12.4 Å². The fourth-order valence-corrected chi connectivity index (χ4v) is 2.67. The highest BCUT2D eigenvalue weighted by molar-refractivity contribution is 6.10. The number of hydrogen-bond acceptors (Lipinski definition) is 5. The summed E-state index contributed by atoms with van der Waals surface area (Å²) in [5.41, 5.74) is 6.52. The van der Waals surface area contributed by atoms with Gasteiger partial charge in [0.25, 0.3) is 0 Å². The highest BCUT2D eigenvalue weighted by Crippen LogP contribution is 2.24. The standard InChI is InChI=1S/C21H19NO5/c22-8-9-26-18-3-1-2-16(12-18)21(25)17-5-4-15-11-19(27-13-20(23)24)7-6-14(15)10-17/h1-7,10-12H,8-9,13,22H2,(H,23,24). The molecule has 27 heavy (non-hydrogen) atoms. The zero-order valence-corrected chi connectivity index (χ0v) is 14.6. The highest BCUT2D eigenvalue weighted by atomic mass is 16.5. The van der Waals surface area contributed by atoms with Gasteiger partial charge in [-0.15, -0.1) is 0 Å². The van der Waals surface area contributed by atoms with Gasteiger partial charge in [0, 0.05) is 17.7 Å². The molecule has 0 aliphatic heterocycles. The molecule has 0 spiro atoms. The molecule has 0 amide bonds. The van der Waals surface area contributed by atoms with Crippen LogP contribution in [0.5, 0.6) is 11.5 Å². The van der Waals surface area contributed by atoms with Crippen molar-refractivity contribution in [2.45, 2.75) is 0 Å². The van der Waals surface area contributed by atoms with Gasteiger partial charge in [0.05, 0.1) is 0 Å². The van der Waals surface area contributed by atoms with Gasteiger partial charge >= 0.3 is 5.97 Å². The summed E-state index contributed by atoms with van der Waals surface area (Å²) in [4.78, 5) is 23.4. The summed E-state index contributed by atoms with van der Waals surface area (Å²) in [6.07, 6.45) is 0. The summed E-state index contributed by atoms with van der Waals surface area (Å²) in [6.45, 7) is 0.394. The lowest BCUT2D eigenvalue weighted by Crippen LogP contribution is -2.11. The third-order valence-electron chi connectivity index (χ3n) is 3.92. The van der Waals surface area contributed by atoms with Crippen LogP contribution in [0.2, 0.25) is 0 Å². The minimum absolute atomic E-state index is 0.110. The largest absolute Gasteiger partial charge is 0.492 e. The highest BCUT2D eigenvalue weighted by Gasteiger charge is 2.11. The summed E-state index contributed by atoms with van der Waals surface area (Å²) in [5, 5.41) is 10.4. The van der Waals surface area contributed by atoms with Gasteiger partial charge in [-0.2, -0.15) is 0 Å². The van der Waals surface area contributed by atoms with E-state index in [4.69, 9.17) is 20.3 Å². The van der Waals surface area contributed by atoms with Crippen LogP contribution in [-0.2, 0) is 4.79 Å². The first kappa shape index (κ1) is 18.4. The van der Waals surface area contributed by atoms with Crippen molar-refractivity contribution < 1.29 is 24.2 Å². The third kappa shape index (κ3) is 4.62. The number of nitrogens with two attached hydrogens (primary N) is 1. The van der Waals surface area contributed by atoms with Gasteiger partial charge in [-0.05, 0) is 41.1 Å². The number of ether oxygens (including phenoxy) is 2. The molecule has 0 aliphatic rings. The SMILES string of the molecule is NCCOc1cccc(C(=O)c2ccc3cc(OCC(=O)O)ccc3c2)c1. The first-order chi connectivity index (χ1) is 13.1. The summed E-state index contributed by atoms with van der Waals surface area (Å²) < 4.78 is 10.7. The normalized spacial score (nSPS) is 10.6. The van der Waals surface area contributed by atoms with Crippen LogP contribution in [-0.4, -0.2) is 36.6 Å². The summed E-state index contributed by atoms with van der Waals surface area (Å²) in [7, 11) is 0. The lowest BCUT2D eigenvalue weighted by atomic mass is 10.00. The van der Waals surface area contributed by atoms with Crippen molar-refractivity contribution in [3.05, 3.63) is 71.8 Å². The number of carbonyl (C=O) groups is 2. The van der Waals surface area contributed by atoms with E-state index in [0.717, 1.165) is 10.8 Å². The quantitative estimate of drug-likeness (QED) is 0.596. The third-order valence-corrected chi connectivity index (χ3v) is 3.92. The molecule has 3 aromatic carbocycles. The van der Waals surface area contributed by atoms with Crippen molar-refractivity contribution in [3.8, 4) is 11.5 Å². The molecule has 0 heterocycles. The van der Waals surface area contributed by atoms with E-state index >= 15 is 0 Å². The maximum absolute atomic E-state index is 12.8. The van der Waals surface area contributed by atoms with E-state index in [9.17, 15) is 9.59 Å². The smallest absolute Gasteiger partial charge is 0.341 e. The van der Waals surface area contributed by atoms with Crippen molar-refractivity contribution in [2.24, 2.45) is 5.73 Å². The Morgan fingerprint density at radius 3 is 2.33 bits per heavy atom. The Morgan fingerprint density at radius 2 is 1.56 bits per heavy atom. The van der Waals surface area contributed by atoms with Gasteiger partial charge in [0.1, 0.15) is 18.1 Å². The van der Waals surface area contributed by atoms with Crippen molar-refractivity contribution >= 4 is 22.5 Å². The van der Waals surface area contributed by atoms with E-state index in [0.29, 0.717) is 35.8 Å². The molecule has 0 saturated carbocycles. The summed E-state index contributed by atoms with van der Waals surface area (Å²) >= 11 is 0. The molecule has 0 fully saturated rings. The second-order valence-corrected chi connectivity index (χ2v) is 5.90. The predicted octanol–water partition coefficient (Wildman–Crippen LogP) is 2.87. The number of fused-ring (bicyclic) bond motifs is 1. The van der Waals surface area contributed by atoms with Crippen molar-refractivity contribution in [1.29, 1.82) is 0 Å². The Labute approximate surface area is 156 Å². The molecule has 0 unspecified atom stereocenters. The molecule has 3 aromatic rings. The number of benzene rings is 3. The van der Waals surface area contributed by atoms with Crippen LogP contribution < -0.4 is 15.2 Å². The van der Waals surface area contributed by atoms with Crippen LogP contribution in [0, 0.1) is 0 Å². The average Bonchev–Trinajstić information content (AvgIpc) is 2.69. The van der Waals surface area contributed by atoms with Crippen LogP contribution >= 0.6 is 0 Å². The molecule has 0 radical (unpaired) electrons. The van der Waals surface area contributed by atoms with E-state index in [-0.39, 0.29) is 5.78 Å². The number of carbonyl (C=O) groups excluding carboxylic acids is 1. The van der Waals surface area contributed by atoms with E-state index in [1.807, 2.05) is 6.07 Å². The Morgan fingerprint density at radius 1 is 0.852 bits per heavy atom. The zero-order chi connectivity index (χ0) is 19.2. The average molecular weight is 365 g/mol. The lowest BCUT2D eigenvalue weighted by molar-refractivity contribution is -0.139. The summed E-state index contributed by atoms with van der Waals surface area (Å²) in [5.74, 6) is -0.0731. The first-order valence-electron chi connectivity index (χ1n) is 8.43. The van der Waals surface area contributed by atoms with Crippen LogP contribution in [0.1, 0.15) is 15.9 Å². The monoisotopic (exact) mass is 365 g/mol. The van der Waals surface area contributed by atoms with Crippen LogP contribution in [0.3, 0.4) is 0 Å². The molecule has 0 aromatic heterocycles. The van der Waals surface area contributed by atoms with Gasteiger partial charge < -0.3 is 20.3 Å². The number of carboxylic acid groups (broad SMARTS) is 1. The molecule has 6 nitrogen and oxygen atoms in total. The summed E-state index contributed by atoms with van der Waals surface area (Å²) in [6, 6.07) is 17.6. The Hall–Kier alpha value is -3.38. The van der Waals surface area contributed by atoms with Crippen molar-refractivity contribution in [2.75, 3.05) is 19.8 Å².